The van der Waals surface area contributed by atoms with Crippen LogP contribution in [-0.2, 0) is 0 Å². The minimum absolute atomic E-state index is 0.688. The molecule has 0 atom stereocenters. The van der Waals surface area contributed by atoms with Crippen molar-refractivity contribution in [3.05, 3.63) is 473 Å². The van der Waals surface area contributed by atoms with Gasteiger partial charge >= 0.3 is 0 Å². The summed E-state index contributed by atoms with van der Waals surface area (Å²) in [5.74, 6) is 1.39. The molecule has 0 fully saturated rings. The third-order valence-electron chi connectivity index (χ3n) is 27.6. The van der Waals surface area contributed by atoms with E-state index in [0.717, 1.165) is 122 Å². The third kappa shape index (κ3) is 13.2. The SMILES string of the molecule is c1ccc(-c2ccc(-c3ccc(-c4nc(-c5ccc(-n6c7ccc8ccccc8c7c7c8ccccc8c(-c8ccc9c(c8)oc8ccccc89)cc76)cc5)nc5ccccc45)cc3)cc2)cc1.c1ccc(-c2cccc(-c3ccc(-c4nc(-c5ccc(-n6c7ccc8ccccc8c7c7c8ccccc8c(-c8ccc9sc%10ccccc%10c9c8)cc76)cc5)nc5ccccc45)cc3)c2)cc1. The second-order valence-corrected chi connectivity index (χ2v) is 36.4. The second kappa shape index (κ2) is 32.0. The smallest absolute Gasteiger partial charge is 0.160 e. The van der Waals surface area contributed by atoms with Gasteiger partial charge in [0, 0.05) is 96.9 Å². The van der Waals surface area contributed by atoms with Gasteiger partial charge in [-0.25, -0.2) is 19.9 Å². The number of nitrogens with zero attached hydrogens (tertiary/aromatic N) is 6. The van der Waals surface area contributed by atoms with Crippen LogP contribution in [0, 0.1) is 0 Å². The molecule has 0 aliphatic heterocycles. The van der Waals surface area contributed by atoms with Gasteiger partial charge in [-0.15, -0.1) is 11.3 Å². The summed E-state index contributed by atoms with van der Waals surface area (Å²) in [4.78, 5) is 20.9. The first-order valence-electron chi connectivity index (χ1n) is 46.3. The van der Waals surface area contributed by atoms with Gasteiger partial charge in [0.25, 0.3) is 0 Å². The molecular weight excluding hydrogens is 1670 g/mol. The van der Waals surface area contributed by atoms with Gasteiger partial charge in [0.2, 0.25) is 0 Å². The van der Waals surface area contributed by atoms with Crippen molar-refractivity contribution < 1.29 is 4.42 Å². The number of furan rings is 1. The first kappa shape index (κ1) is 78.1. The van der Waals surface area contributed by atoms with E-state index in [-0.39, 0.29) is 0 Å². The molecular formula is C128H78N6OS. The standard InChI is InChI=1S/C64H39N3O.C64H39N3S/c1-2-12-40(13-3-1)41-22-24-42(25-23-41)43-26-28-45(29-27-43)63-54-19-8-10-20-56(54)65-64(66-63)46-30-34-48(35-31-46)67-57-37-33-44-14-4-5-15-49(44)61(57)62-53-18-7-6-16-50(53)55(39-58(62)67)47-32-36-52-51-17-9-11-21-59(51)68-60(52)38-47;1-2-13-40(14-3-1)45-16-12-17-46(37-45)41-25-27-43(28-26-41)63-53-22-8-10-23-56(53)65-64(66-63)44-29-33-48(34-30-44)67-57-35-31-42-15-4-5-18-49(42)61(57)62-52-21-7-6-19-50(52)54(39-58(62)67)47-32-36-60-55(38-47)51-20-9-11-24-59(51)68-60/h2*1-39H. The molecule has 632 valence electrons. The third-order valence-corrected chi connectivity index (χ3v) is 28.8. The van der Waals surface area contributed by atoms with E-state index < -0.39 is 0 Å². The van der Waals surface area contributed by atoms with Gasteiger partial charge in [-0.3, -0.25) is 0 Å². The van der Waals surface area contributed by atoms with Gasteiger partial charge in [-0.05, 0) is 237 Å². The molecule has 0 aliphatic rings. The Labute approximate surface area is 786 Å². The van der Waals surface area contributed by atoms with Crippen molar-refractivity contribution in [3.8, 4) is 123 Å². The zero-order valence-electron chi connectivity index (χ0n) is 73.5. The van der Waals surface area contributed by atoms with Gasteiger partial charge in [0.05, 0.1) is 44.5 Å². The molecule has 7 nitrogen and oxygen atoms in total. The fourth-order valence-electron chi connectivity index (χ4n) is 21.1. The fraction of sp³-hybridized carbons (Fsp3) is 0. The zero-order valence-corrected chi connectivity index (χ0v) is 74.3. The summed E-state index contributed by atoms with van der Waals surface area (Å²) in [6.45, 7) is 0. The van der Waals surface area contributed by atoms with Crippen molar-refractivity contribution in [2.24, 2.45) is 0 Å². The van der Waals surface area contributed by atoms with Gasteiger partial charge in [-0.2, -0.15) is 0 Å². The molecule has 0 N–H and O–H groups in total. The second-order valence-electron chi connectivity index (χ2n) is 35.3. The number of hydrogen-bond donors (Lipinski definition) is 0. The lowest BCUT2D eigenvalue weighted by Gasteiger charge is -2.13. The van der Waals surface area contributed by atoms with E-state index in [2.05, 4.69) is 464 Å². The molecule has 0 spiro atoms. The van der Waals surface area contributed by atoms with Crippen molar-refractivity contribution in [2.45, 2.75) is 0 Å². The Morgan fingerprint density at radius 3 is 1.05 bits per heavy atom. The average Bonchev–Trinajstić information content (AvgIpc) is 1.55. The molecule has 0 amide bonds. The molecule has 28 rings (SSSR count). The number of fused-ring (bicyclic) bond motifs is 22. The first-order chi connectivity index (χ1) is 67.4. The first-order valence-corrected chi connectivity index (χ1v) is 47.1. The molecule has 6 heterocycles. The molecule has 8 heteroatoms. The maximum Gasteiger partial charge on any atom is 0.160 e. The summed E-state index contributed by atoms with van der Waals surface area (Å²) >= 11 is 1.86. The topological polar surface area (TPSA) is 74.6 Å². The van der Waals surface area contributed by atoms with Crippen LogP contribution in [0.25, 0.3) is 274 Å². The minimum atomic E-state index is 0.688. The number of thiophene rings is 1. The minimum Gasteiger partial charge on any atom is -0.456 e. The number of benzene rings is 22. The van der Waals surface area contributed by atoms with E-state index in [1.54, 1.807) is 0 Å². The molecule has 136 heavy (non-hydrogen) atoms. The van der Waals surface area contributed by atoms with Crippen LogP contribution in [0.3, 0.4) is 0 Å². The van der Waals surface area contributed by atoms with Gasteiger partial charge in [-0.1, -0.05) is 346 Å². The molecule has 0 saturated heterocycles. The monoisotopic (exact) mass is 1750 g/mol. The molecule has 0 bridgehead atoms. The highest BCUT2D eigenvalue weighted by Gasteiger charge is 2.26. The Bertz CT molecular complexity index is 9700. The van der Waals surface area contributed by atoms with Gasteiger partial charge in [0.1, 0.15) is 11.2 Å². The number of rotatable bonds is 12. The van der Waals surface area contributed by atoms with Crippen LogP contribution in [0.2, 0.25) is 0 Å². The Morgan fingerprint density at radius 2 is 0.537 bits per heavy atom. The quantitative estimate of drug-likeness (QED) is 0.122. The summed E-state index contributed by atoms with van der Waals surface area (Å²) in [6, 6.07) is 170. The van der Waals surface area contributed by atoms with Crippen LogP contribution in [-0.4, -0.2) is 29.1 Å². The lowest BCUT2D eigenvalue weighted by Crippen LogP contribution is -1.97. The van der Waals surface area contributed by atoms with Crippen molar-refractivity contribution in [1.29, 1.82) is 0 Å². The lowest BCUT2D eigenvalue weighted by molar-refractivity contribution is 0.669. The summed E-state index contributed by atoms with van der Waals surface area (Å²) in [7, 11) is 0. The van der Waals surface area contributed by atoms with Crippen LogP contribution in [0.1, 0.15) is 0 Å². The van der Waals surface area contributed by atoms with Crippen LogP contribution in [0.15, 0.2) is 478 Å². The fourth-order valence-corrected chi connectivity index (χ4v) is 22.2. The Kier molecular flexibility index (Phi) is 18.4. The molecule has 0 aliphatic carbocycles. The largest absolute Gasteiger partial charge is 0.456 e. The van der Waals surface area contributed by atoms with Crippen molar-refractivity contribution >= 4 is 162 Å². The number of aromatic nitrogens is 6. The van der Waals surface area contributed by atoms with Crippen LogP contribution in [0.4, 0.5) is 0 Å². The molecule has 0 radical (unpaired) electrons. The van der Waals surface area contributed by atoms with E-state index in [1.165, 1.54) is 140 Å². The van der Waals surface area contributed by atoms with Gasteiger partial charge in [0.15, 0.2) is 11.6 Å². The Hall–Kier alpha value is -17.8. The lowest BCUT2D eigenvalue weighted by atomic mass is 9.93. The van der Waals surface area contributed by atoms with E-state index in [9.17, 15) is 0 Å². The zero-order chi connectivity index (χ0) is 89.4. The Balaban J connectivity index is 0.000000138. The predicted molar refractivity (Wildman–Crippen MR) is 572 cm³/mol. The maximum absolute atomic E-state index is 6.43. The van der Waals surface area contributed by atoms with Crippen molar-refractivity contribution in [2.75, 3.05) is 0 Å². The van der Waals surface area contributed by atoms with Crippen molar-refractivity contribution in [1.82, 2.24) is 29.1 Å². The van der Waals surface area contributed by atoms with Gasteiger partial charge < -0.3 is 13.6 Å². The molecule has 0 saturated carbocycles. The Morgan fingerprint density at radius 1 is 0.184 bits per heavy atom. The normalized spacial score (nSPS) is 11.8. The summed E-state index contributed by atoms with van der Waals surface area (Å²) in [5, 5.41) is 21.8. The average molecular weight is 1750 g/mol. The molecule has 6 aromatic heterocycles. The van der Waals surface area contributed by atoms with Crippen LogP contribution < -0.4 is 0 Å². The van der Waals surface area contributed by atoms with Crippen molar-refractivity contribution in [3.63, 3.8) is 0 Å². The van der Waals surface area contributed by atoms with E-state index in [4.69, 9.17) is 24.4 Å². The molecule has 22 aromatic carbocycles. The highest BCUT2D eigenvalue weighted by atomic mass is 32.1. The van der Waals surface area contributed by atoms with E-state index in [0.29, 0.717) is 11.6 Å². The van der Waals surface area contributed by atoms with E-state index >= 15 is 0 Å². The number of para-hydroxylation sites is 3. The molecule has 0 unspecified atom stereocenters. The predicted octanol–water partition coefficient (Wildman–Crippen LogP) is 35.0. The highest BCUT2D eigenvalue weighted by Crippen LogP contribution is 2.50. The number of hydrogen-bond acceptors (Lipinski definition) is 6. The summed E-state index contributed by atoms with van der Waals surface area (Å²) < 4.78 is 13.9. The van der Waals surface area contributed by atoms with Crippen LogP contribution >= 0.6 is 11.3 Å². The summed E-state index contributed by atoms with van der Waals surface area (Å²) in [5.41, 5.74) is 30.5. The van der Waals surface area contributed by atoms with E-state index in [1.807, 2.05) is 29.5 Å². The van der Waals surface area contributed by atoms with Crippen LogP contribution in [0.5, 0.6) is 0 Å². The highest BCUT2D eigenvalue weighted by molar-refractivity contribution is 7.25. The molecule has 28 aromatic rings. The summed E-state index contributed by atoms with van der Waals surface area (Å²) in [6.07, 6.45) is 0. The maximum atomic E-state index is 6.43.